The Hall–Kier alpha value is -1.35. The minimum Gasteiger partial charge on any atom is -0.444 e. The molecule has 1 heterocycles. The number of aliphatic imine (C=N–C) groups is 1. The van der Waals surface area contributed by atoms with Gasteiger partial charge in [0, 0.05) is 13.1 Å². The predicted octanol–water partition coefficient (Wildman–Crippen LogP) is 2.22. The van der Waals surface area contributed by atoms with E-state index in [2.05, 4.69) is 4.99 Å². The summed E-state index contributed by atoms with van der Waals surface area (Å²) in [4.78, 5) is 27.8. The highest BCUT2D eigenvalue weighted by atomic mass is 16.6. The molecule has 0 aromatic heterocycles. The predicted molar refractivity (Wildman–Crippen MR) is 70.5 cm³/mol. The van der Waals surface area contributed by atoms with Gasteiger partial charge in [0.05, 0.1) is 6.54 Å². The normalized spacial score (nSPS) is 29.8. The highest BCUT2D eigenvalue weighted by Gasteiger charge is 2.43. The van der Waals surface area contributed by atoms with Crippen LogP contribution in [0, 0.1) is 17.8 Å². The molecule has 2 unspecified atom stereocenters. The lowest BCUT2D eigenvalue weighted by Crippen LogP contribution is -2.47. The molecular weight excluding hydrogens is 244 g/mol. The van der Waals surface area contributed by atoms with Gasteiger partial charge in [-0.3, -0.25) is 0 Å². The Kier molecular flexibility index (Phi) is 3.95. The number of piperidine rings is 1. The highest BCUT2D eigenvalue weighted by molar-refractivity contribution is 5.68. The first-order valence-corrected chi connectivity index (χ1v) is 6.92. The van der Waals surface area contributed by atoms with Crippen molar-refractivity contribution in [3.63, 3.8) is 0 Å². The summed E-state index contributed by atoms with van der Waals surface area (Å²) in [6, 6.07) is 0. The molecular formula is C14H22N2O3. The molecule has 2 fully saturated rings. The van der Waals surface area contributed by atoms with E-state index in [9.17, 15) is 9.59 Å². The van der Waals surface area contributed by atoms with Crippen LogP contribution in [-0.2, 0) is 9.53 Å². The van der Waals surface area contributed by atoms with Crippen LogP contribution in [0.5, 0.6) is 0 Å². The molecule has 0 N–H and O–H groups in total. The second-order valence-corrected chi connectivity index (χ2v) is 6.58. The van der Waals surface area contributed by atoms with Crippen molar-refractivity contribution in [3.8, 4) is 0 Å². The molecule has 0 aromatic carbocycles. The van der Waals surface area contributed by atoms with E-state index in [-0.39, 0.29) is 6.09 Å². The molecule has 2 rings (SSSR count). The Labute approximate surface area is 114 Å². The van der Waals surface area contributed by atoms with Gasteiger partial charge in [-0.05, 0) is 51.4 Å². The third-order valence-electron chi connectivity index (χ3n) is 4.05. The van der Waals surface area contributed by atoms with Crippen molar-refractivity contribution in [1.82, 2.24) is 4.90 Å². The van der Waals surface area contributed by atoms with Gasteiger partial charge in [-0.1, -0.05) is 0 Å². The van der Waals surface area contributed by atoms with Crippen molar-refractivity contribution < 1.29 is 14.3 Å². The monoisotopic (exact) mass is 266 g/mol. The number of fused-ring (bicyclic) bond motifs is 2. The number of likely N-dealkylation sites (tertiary alicyclic amines) is 1. The highest BCUT2D eigenvalue weighted by Crippen LogP contribution is 2.42. The largest absolute Gasteiger partial charge is 0.444 e. The number of carbonyl (C=O) groups excluding carboxylic acids is 2. The van der Waals surface area contributed by atoms with E-state index >= 15 is 0 Å². The Morgan fingerprint density at radius 3 is 2.37 bits per heavy atom. The maximum Gasteiger partial charge on any atom is 0.410 e. The van der Waals surface area contributed by atoms with Crippen molar-refractivity contribution >= 4 is 12.2 Å². The molecule has 1 saturated heterocycles. The van der Waals surface area contributed by atoms with Crippen LogP contribution in [0.2, 0.25) is 0 Å². The molecule has 1 aliphatic carbocycles. The van der Waals surface area contributed by atoms with Crippen LogP contribution >= 0.6 is 0 Å². The number of nitrogens with zero attached hydrogens (tertiary/aromatic N) is 2. The van der Waals surface area contributed by atoms with E-state index in [0.717, 1.165) is 25.9 Å². The lowest BCUT2D eigenvalue weighted by molar-refractivity contribution is 0.00869. The second-order valence-electron chi connectivity index (χ2n) is 6.58. The van der Waals surface area contributed by atoms with Crippen LogP contribution in [0.25, 0.3) is 0 Å². The first-order valence-electron chi connectivity index (χ1n) is 6.92. The van der Waals surface area contributed by atoms with Crippen LogP contribution in [0.1, 0.15) is 33.6 Å². The number of carbonyl (C=O) groups is 1. The minimum absolute atomic E-state index is 0.221. The van der Waals surface area contributed by atoms with Crippen molar-refractivity contribution in [2.24, 2.45) is 22.7 Å². The molecule has 0 aromatic rings. The Balaban J connectivity index is 1.96. The summed E-state index contributed by atoms with van der Waals surface area (Å²) in [5.41, 5.74) is -0.450. The number of isocyanates is 1. The summed E-state index contributed by atoms with van der Waals surface area (Å²) in [6.45, 7) is 7.65. The van der Waals surface area contributed by atoms with Gasteiger partial charge < -0.3 is 9.64 Å². The fourth-order valence-corrected chi connectivity index (χ4v) is 3.25. The summed E-state index contributed by atoms with van der Waals surface area (Å²) >= 11 is 0. The van der Waals surface area contributed by atoms with Crippen molar-refractivity contribution in [1.29, 1.82) is 0 Å². The Morgan fingerprint density at radius 1 is 1.32 bits per heavy atom. The zero-order valence-corrected chi connectivity index (χ0v) is 11.9. The van der Waals surface area contributed by atoms with Gasteiger partial charge in [0.15, 0.2) is 0 Å². The second kappa shape index (κ2) is 5.33. The zero-order valence-electron chi connectivity index (χ0n) is 11.9. The van der Waals surface area contributed by atoms with Crippen LogP contribution in [0.4, 0.5) is 4.79 Å². The fraction of sp³-hybridized carbons (Fsp3) is 0.857. The topological polar surface area (TPSA) is 59.0 Å². The Bertz CT molecular complexity index is 382. The number of ether oxygens (including phenoxy) is 1. The molecule has 106 valence electrons. The van der Waals surface area contributed by atoms with Gasteiger partial charge in [0.25, 0.3) is 0 Å². The summed E-state index contributed by atoms with van der Waals surface area (Å²) in [7, 11) is 0. The van der Waals surface area contributed by atoms with Gasteiger partial charge in [-0.2, -0.15) is 0 Å². The van der Waals surface area contributed by atoms with E-state index in [1.807, 2.05) is 25.7 Å². The summed E-state index contributed by atoms with van der Waals surface area (Å²) in [6.07, 6.45) is 3.63. The summed E-state index contributed by atoms with van der Waals surface area (Å²) in [5.74, 6) is 1.33. The van der Waals surface area contributed by atoms with Gasteiger partial charge in [0.1, 0.15) is 5.60 Å². The molecule has 0 spiro atoms. The average Bonchev–Trinajstić information content (AvgIpc) is 2.55. The quantitative estimate of drug-likeness (QED) is 0.568. The molecule has 2 atom stereocenters. The van der Waals surface area contributed by atoms with Gasteiger partial charge in [-0.25, -0.2) is 14.6 Å². The number of rotatable bonds is 2. The Morgan fingerprint density at radius 2 is 1.89 bits per heavy atom. The van der Waals surface area contributed by atoms with E-state index in [4.69, 9.17) is 4.74 Å². The van der Waals surface area contributed by atoms with Crippen LogP contribution in [0.15, 0.2) is 4.99 Å². The standard InChI is InChI=1S/C14H22N2O3/c1-14(2,3)19-13(18)16-7-10-4-5-11(8-16)12(10)6-15-9-17/h10-12H,4-8H2,1-3H3. The minimum atomic E-state index is -0.450. The van der Waals surface area contributed by atoms with E-state index < -0.39 is 5.60 Å². The van der Waals surface area contributed by atoms with Crippen LogP contribution < -0.4 is 0 Å². The smallest absolute Gasteiger partial charge is 0.410 e. The first-order chi connectivity index (χ1) is 8.90. The fourth-order valence-electron chi connectivity index (χ4n) is 3.25. The SMILES string of the molecule is CC(C)(C)OC(=O)N1CC2CCC(C1)C2CN=C=O. The molecule has 1 aliphatic heterocycles. The number of hydrogen-bond acceptors (Lipinski definition) is 4. The maximum absolute atomic E-state index is 12.1. The first kappa shape index (κ1) is 14.1. The van der Waals surface area contributed by atoms with Gasteiger partial charge >= 0.3 is 6.09 Å². The summed E-state index contributed by atoms with van der Waals surface area (Å²) in [5, 5.41) is 0. The molecule has 2 bridgehead atoms. The van der Waals surface area contributed by atoms with E-state index in [1.54, 1.807) is 6.08 Å². The van der Waals surface area contributed by atoms with Gasteiger partial charge in [-0.15, -0.1) is 0 Å². The molecule has 1 amide bonds. The molecule has 2 aliphatic rings. The number of hydrogen-bond donors (Lipinski definition) is 0. The van der Waals surface area contributed by atoms with E-state index in [1.165, 1.54) is 0 Å². The zero-order chi connectivity index (χ0) is 14.0. The molecule has 5 nitrogen and oxygen atoms in total. The van der Waals surface area contributed by atoms with Crippen molar-refractivity contribution in [2.75, 3.05) is 19.6 Å². The average molecular weight is 266 g/mol. The third-order valence-corrected chi connectivity index (χ3v) is 4.05. The molecule has 1 saturated carbocycles. The van der Waals surface area contributed by atoms with Gasteiger partial charge in [0.2, 0.25) is 6.08 Å². The molecule has 5 heteroatoms. The van der Waals surface area contributed by atoms with E-state index in [0.29, 0.717) is 24.3 Å². The lowest BCUT2D eigenvalue weighted by atomic mass is 9.85. The number of amides is 1. The maximum atomic E-state index is 12.1. The molecule has 19 heavy (non-hydrogen) atoms. The third kappa shape index (κ3) is 3.35. The van der Waals surface area contributed by atoms with Crippen molar-refractivity contribution in [3.05, 3.63) is 0 Å². The molecule has 0 radical (unpaired) electrons. The van der Waals surface area contributed by atoms with Crippen LogP contribution in [-0.4, -0.2) is 42.3 Å². The van der Waals surface area contributed by atoms with Crippen molar-refractivity contribution in [2.45, 2.75) is 39.2 Å². The van der Waals surface area contributed by atoms with Crippen LogP contribution in [0.3, 0.4) is 0 Å². The summed E-state index contributed by atoms with van der Waals surface area (Å²) < 4.78 is 5.42. The lowest BCUT2D eigenvalue weighted by Gasteiger charge is -2.37.